The Balaban J connectivity index is 2.60. The molecule has 0 N–H and O–H groups in total. The van der Waals surface area contributed by atoms with E-state index in [0.29, 0.717) is 0 Å². The zero-order valence-electron chi connectivity index (χ0n) is 5.83. The van der Waals surface area contributed by atoms with Crippen molar-refractivity contribution in [3.05, 3.63) is 29.1 Å². The summed E-state index contributed by atoms with van der Waals surface area (Å²) < 4.78 is 0. The molecule has 0 fully saturated rings. The molecule has 1 aromatic heterocycles. The van der Waals surface area contributed by atoms with Crippen LogP contribution in [0.3, 0.4) is 0 Å². The van der Waals surface area contributed by atoms with Gasteiger partial charge in [0.25, 0.3) is 0 Å². The summed E-state index contributed by atoms with van der Waals surface area (Å²) in [6.45, 7) is 2.80. The highest BCUT2D eigenvalue weighted by molar-refractivity contribution is 5.84. The Morgan fingerprint density at radius 2 is 2.40 bits per heavy atom. The van der Waals surface area contributed by atoms with E-state index in [2.05, 4.69) is 16.0 Å². The minimum absolute atomic E-state index is 0.808. The molecule has 0 unspecified atom stereocenters. The molecule has 10 heavy (non-hydrogen) atoms. The maximum Gasteiger partial charge on any atom is 0.0661 e. The van der Waals surface area contributed by atoms with E-state index in [1.807, 2.05) is 19.3 Å². The highest BCUT2D eigenvalue weighted by Gasteiger charge is 2.04. The molecule has 0 atom stereocenters. The second-order valence-corrected chi connectivity index (χ2v) is 2.49. The summed E-state index contributed by atoms with van der Waals surface area (Å²) in [6, 6.07) is 2.06. The van der Waals surface area contributed by atoms with E-state index >= 15 is 0 Å². The zero-order chi connectivity index (χ0) is 6.97. The largest absolute Gasteiger partial charge is 0.288 e. The third-order valence-corrected chi connectivity index (χ3v) is 1.65. The molecule has 0 amide bonds. The van der Waals surface area contributed by atoms with Crippen LogP contribution in [0, 0.1) is 6.92 Å². The van der Waals surface area contributed by atoms with Crippen LogP contribution < -0.4 is 0 Å². The van der Waals surface area contributed by atoms with Crippen LogP contribution in [0.15, 0.2) is 17.3 Å². The van der Waals surface area contributed by atoms with Crippen LogP contribution >= 0.6 is 0 Å². The van der Waals surface area contributed by atoms with E-state index in [4.69, 9.17) is 0 Å². The summed E-state index contributed by atoms with van der Waals surface area (Å²) in [4.78, 5) is 8.30. The SMILES string of the molecule is Cc1cc2c(cn1)CN=C2. The smallest absolute Gasteiger partial charge is 0.0661 e. The van der Waals surface area contributed by atoms with Gasteiger partial charge in [0.2, 0.25) is 0 Å². The van der Waals surface area contributed by atoms with Gasteiger partial charge in [-0.2, -0.15) is 0 Å². The summed E-state index contributed by atoms with van der Waals surface area (Å²) in [5, 5.41) is 0. The summed E-state index contributed by atoms with van der Waals surface area (Å²) in [5.41, 5.74) is 3.53. The molecule has 0 saturated carbocycles. The molecule has 0 spiro atoms. The fraction of sp³-hybridized carbons (Fsp3) is 0.250. The fourth-order valence-electron chi connectivity index (χ4n) is 1.10. The van der Waals surface area contributed by atoms with Gasteiger partial charge in [-0.3, -0.25) is 9.98 Å². The first-order valence-electron chi connectivity index (χ1n) is 3.31. The van der Waals surface area contributed by atoms with Gasteiger partial charge in [-0.25, -0.2) is 0 Å². The molecule has 0 bridgehead atoms. The number of hydrogen-bond acceptors (Lipinski definition) is 2. The van der Waals surface area contributed by atoms with Gasteiger partial charge >= 0.3 is 0 Å². The van der Waals surface area contributed by atoms with E-state index in [0.717, 1.165) is 12.2 Å². The predicted molar refractivity (Wildman–Crippen MR) is 40.3 cm³/mol. The number of hydrogen-bond donors (Lipinski definition) is 0. The normalized spacial score (nSPS) is 13.7. The third-order valence-electron chi connectivity index (χ3n) is 1.65. The fourth-order valence-corrected chi connectivity index (χ4v) is 1.10. The Morgan fingerprint density at radius 3 is 3.30 bits per heavy atom. The number of aryl methyl sites for hydroxylation is 1. The zero-order valence-corrected chi connectivity index (χ0v) is 5.83. The third kappa shape index (κ3) is 0.727. The van der Waals surface area contributed by atoms with Crippen LogP contribution in [0.2, 0.25) is 0 Å². The lowest BCUT2D eigenvalue weighted by atomic mass is 10.2. The van der Waals surface area contributed by atoms with Gasteiger partial charge in [-0.05, 0) is 13.0 Å². The van der Waals surface area contributed by atoms with Gasteiger partial charge < -0.3 is 0 Å². The van der Waals surface area contributed by atoms with Crippen molar-refractivity contribution in [2.24, 2.45) is 4.99 Å². The minimum atomic E-state index is 0.808. The van der Waals surface area contributed by atoms with Crippen LogP contribution in [0.4, 0.5) is 0 Å². The minimum Gasteiger partial charge on any atom is -0.288 e. The standard InChI is InChI=1S/C8H8N2/c1-6-2-7-3-9-4-8(7)5-10-6/h2-3,5H,4H2,1H3. The van der Waals surface area contributed by atoms with Crippen LogP contribution in [0.25, 0.3) is 0 Å². The quantitative estimate of drug-likeness (QED) is 0.522. The number of aliphatic imine (C=N–C) groups is 1. The lowest BCUT2D eigenvalue weighted by Crippen LogP contribution is -1.88. The lowest BCUT2D eigenvalue weighted by Gasteiger charge is -1.95. The number of rotatable bonds is 0. The molecule has 1 aromatic rings. The second kappa shape index (κ2) is 1.90. The number of pyridine rings is 1. The van der Waals surface area contributed by atoms with Crippen molar-refractivity contribution in [3.8, 4) is 0 Å². The van der Waals surface area contributed by atoms with E-state index < -0.39 is 0 Å². The van der Waals surface area contributed by atoms with Crippen molar-refractivity contribution >= 4 is 6.21 Å². The maximum absolute atomic E-state index is 4.17. The van der Waals surface area contributed by atoms with Crippen molar-refractivity contribution in [2.45, 2.75) is 13.5 Å². The van der Waals surface area contributed by atoms with Crippen molar-refractivity contribution in [1.82, 2.24) is 4.98 Å². The van der Waals surface area contributed by atoms with Crippen molar-refractivity contribution in [1.29, 1.82) is 0 Å². The number of aromatic nitrogens is 1. The highest BCUT2D eigenvalue weighted by Crippen LogP contribution is 2.12. The number of nitrogens with zero attached hydrogens (tertiary/aromatic N) is 2. The Kier molecular flexibility index (Phi) is 1.07. The Morgan fingerprint density at radius 1 is 1.50 bits per heavy atom. The average molecular weight is 132 g/mol. The van der Waals surface area contributed by atoms with Gasteiger partial charge in [-0.1, -0.05) is 0 Å². The first-order valence-corrected chi connectivity index (χ1v) is 3.31. The Labute approximate surface area is 59.6 Å². The first kappa shape index (κ1) is 5.59. The molecule has 0 aromatic carbocycles. The van der Waals surface area contributed by atoms with Crippen molar-refractivity contribution in [3.63, 3.8) is 0 Å². The topological polar surface area (TPSA) is 25.2 Å². The summed E-state index contributed by atoms with van der Waals surface area (Å²) in [5.74, 6) is 0. The van der Waals surface area contributed by atoms with Crippen LogP contribution in [-0.4, -0.2) is 11.2 Å². The monoisotopic (exact) mass is 132 g/mol. The molecule has 0 saturated heterocycles. The molecule has 1 aliphatic heterocycles. The van der Waals surface area contributed by atoms with E-state index in [1.54, 1.807) is 0 Å². The molecule has 2 nitrogen and oxygen atoms in total. The van der Waals surface area contributed by atoms with Crippen LogP contribution in [0.5, 0.6) is 0 Å². The van der Waals surface area contributed by atoms with E-state index in [9.17, 15) is 0 Å². The summed E-state index contributed by atoms with van der Waals surface area (Å²) in [7, 11) is 0. The predicted octanol–water partition coefficient (Wildman–Crippen LogP) is 1.32. The molecule has 2 heterocycles. The van der Waals surface area contributed by atoms with E-state index in [1.165, 1.54) is 11.1 Å². The van der Waals surface area contributed by atoms with Gasteiger partial charge in [0.15, 0.2) is 0 Å². The summed E-state index contributed by atoms with van der Waals surface area (Å²) >= 11 is 0. The number of fused-ring (bicyclic) bond motifs is 1. The molecule has 0 aliphatic carbocycles. The van der Waals surface area contributed by atoms with Gasteiger partial charge in [0.1, 0.15) is 0 Å². The van der Waals surface area contributed by atoms with Crippen LogP contribution in [-0.2, 0) is 6.54 Å². The van der Waals surface area contributed by atoms with E-state index in [-0.39, 0.29) is 0 Å². The molecule has 2 rings (SSSR count). The van der Waals surface area contributed by atoms with Gasteiger partial charge in [0, 0.05) is 29.2 Å². The molecule has 1 aliphatic rings. The van der Waals surface area contributed by atoms with Crippen LogP contribution in [0.1, 0.15) is 16.8 Å². The molecule has 0 radical (unpaired) electrons. The maximum atomic E-state index is 4.17. The van der Waals surface area contributed by atoms with Gasteiger partial charge in [-0.15, -0.1) is 0 Å². The average Bonchev–Trinajstić information content (AvgIpc) is 2.33. The Hall–Kier alpha value is -1.18. The van der Waals surface area contributed by atoms with Gasteiger partial charge in [0.05, 0.1) is 6.54 Å². The first-order chi connectivity index (χ1) is 4.86. The van der Waals surface area contributed by atoms with Crippen molar-refractivity contribution in [2.75, 3.05) is 0 Å². The summed E-state index contributed by atoms with van der Waals surface area (Å²) in [6.07, 6.45) is 3.81. The molecular formula is C8H8N2. The highest BCUT2D eigenvalue weighted by atomic mass is 14.8. The lowest BCUT2D eigenvalue weighted by molar-refractivity contribution is 1.07. The molecule has 2 heteroatoms. The molecular weight excluding hydrogens is 124 g/mol. The molecule has 50 valence electrons. The van der Waals surface area contributed by atoms with Crippen molar-refractivity contribution < 1.29 is 0 Å². The Bertz CT molecular complexity index is 289. The second-order valence-electron chi connectivity index (χ2n) is 2.49.